The quantitative estimate of drug-likeness (QED) is 0.766. The number of nitrogens with zero attached hydrogens (tertiary/aromatic N) is 2. The molecule has 0 saturated carbocycles. The Hall–Kier alpha value is -2.73. The summed E-state index contributed by atoms with van der Waals surface area (Å²) in [6.45, 7) is 0.283. The van der Waals surface area contributed by atoms with E-state index in [2.05, 4.69) is 39.5 Å². The lowest BCUT2D eigenvalue weighted by molar-refractivity contribution is 0.174. The Morgan fingerprint density at radius 2 is 1.83 bits per heavy atom. The summed E-state index contributed by atoms with van der Waals surface area (Å²) in [6.07, 6.45) is 0. The fourth-order valence-electron chi connectivity index (χ4n) is 2.49. The lowest BCUT2D eigenvalue weighted by atomic mass is 10.1. The first-order valence-corrected chi connectivity index (χ1v) is 8.47. The molecule has 24 heavy (non-hydrogen) atoms. The Kier molecular flexibility index (Phi) is 3.74. The average Bonchev–Trinajstić information content (AvgIpc) is 3.23. The van der Waals surface area contributed by atoms with E-state index in [9.17, 15) is 0 Å². The Morgan fingerprint density at radius 3 is 2.62 bits per heavy atom. The van der Waals surface area contributed by atoms with E-state index in [4.69, 9.17) is 9.47 Å². The summed E-state index contributed by atoms with van der Waals surface area (Å²) in [6, 6.07) is 14.1. The van der Waals surface area contributed by atoms with Crippen molar-refractivity contribution in [2.45, 2.75) is 0 Å². The zero-order valence-electron chi connectivity index (χ0n) is 13.4. The van der Waals surface area contributed by atoms with Gasteiger partial charge < -0.3 is 19.7 Å². The summed E-state index contributed by atoms with van der Waals surface area (Å²) >= 11 is 1.58. The summed E-state index contributed by atoms with van der Waals surface area (Å²) in [5, 5.41) is 6.24. The summed E-state index contributed by atoms with van der Waals surface area (Å²) in [5.41, 5.74) is 4.13. The van der Waals surface area contributed by atoms with E-state index in [0.29, 0.717) is 0 Å². The van der Waals surface area contributed by atoms with Crippen molar-refractivity contribution in [3.8, 4) is 22.8 Å². The fourth-order valence-corrected chi connectivity index (χ4v) is 3.23. The molecule has 2 heterocycles. The lowest BCUT2D eigenvalue weighted by Crippen LogP contribution is -2.08. The van der Waals surface area contributed by atoms with Gasteiger partial charge in [-0.25, -0.2) is 4.98 Å². The SMILES string of the molecule is CN(C)c1ccc(Nc2nc(-c3ccc4c(c3)OCO4)cs2)cc1. The zero-order valence-corrected chi connectivity index (χ0v) is 14.3. The van der Waals surface area contributed by atoms with Crippen LogP contribution < -0.4 is 19.7 Å². The standard InChI is InChI=1S/C18H17N3O2S/c1-21(2)14-6-4-13(5-7-14)19-18-20-15(10-24-18)12-3-8-16-17(9-12)23-11-22-16/h3-10H,11H2,1-2H3,(H,19,20). The van der Waals surface area contributed by atoms with Gasteiger partial charge in [0.1, 0.15) is 0 Å². The molecular formula is C18H17N3O2S. The van der Waals surface area contributed by atoms with Crippen LogP contribution in [0.4, 0.5) is 16.5 Å². The predicted octanol–water partition coefficient (Wildman–Crippen LogP) is 4.35. The molecule has 5 nitrogen and oxygen atoms in total. The molecule has 0 aliphatic carbocycles. The maximum Gasteiger partial charge on any atom is 0.231 e. The van der Waals surface area contributed by atoms with Gasteiger partial charge in [0.15, 0.2) is 16.6 Å². The Labute approximate surface area is 144 Å². The topological polar surface area (TPSA) is 46.6 Å². The molecule has 1 aliphatic rings. The highest BCUT2D eigenvalue weighted by Gasteiger charge is 2.15. The van der Waals surface area contributed by atoms with Gasteiger partial charge in [0.05, 0.1) is 5.69 Å². The van der Waals surface area contributed by atoms with E-state index < -0.39 is 0 Å². The van der Waals surface area contributed by atoms with Crippen molar-refractivity contribution >= 4 is 27.8 Å². The first kappa shape index (κ1) is 14.8. The molecule has 0 radical (unpaired) electrons. The highest BCUT2D eigenvalue weighted by molar-refractivity contribution is 7.14. The number of hydrogen-bond donors (Lipinski definition) is 1. The van der Waals surface area contributed by atoms with Gasteiger partial charge in [0.2, 0.25) is 6.79 Å². The van der Waals surface area contributed by atoms with Gasteiger partial charge in [-0.15, -0.1) is 11.3 Å². The van der Waals surface area contributed by atoms with Gasteiger partial charge in [-0.3, -0.25) is 0 Å². The first-order valence-electron chi connectivity index (χ1n) is 7.59. The Morgan fingerprint density at radius 1 is 1.04 bits per heavy atom. The fraction of sp³-hybridized carbons (Fsp3) is 0.167. The molecule has 0 fully saturated rings. The first-order chi connectivity index (χ1) is 11.7. The minimum atomic E-state index is 0.283. The van der Waals surface area contributed by atoms with Gasteiger partial charge in [-0.2, -0.15) is 0 Å². The minimum Gasteiger partial charge on any atom is -0.454 e. The van der Waals surface area contributed by atoms with E-state index in [0.717, 1.165) is 33.6 Å². The van der Waals surface area contributed by atoms with Crippen LogP contribution in [-0.2, 0) is 0 Å². The monoisotopic (exact) mass is 339 g/mol. The maximum atomic E-state index is 5.43. The number of ether oxygens (including phenoxy) is 2. The number of rotatable bonds is 4. The van der Waals surface area contributed by atoms with Crippen LogP contribution in [0.3, 0.4) is 0 Å². The average molecular weight is 339 g/mol. The molecule has 6 heteroatoms. The van der Waals surface area contributed by atoms with Crippen LogP contribution in [-0.4, -0.2) is 25.9 Å². The largest absolute Gasteiger partial charge is 0.454 e. The second-order valence-electron chi connectivity index (χ2n) is 5.67. The van der Waals surface area contributed by atoms with E-state index in [1.807, 2.05) is 37.7 Å². The number of hydrogen-bond acceptors (Lipinski definition) is 6. The van der Waals surface area contributed by atoms with Crippen molar-refractivity contribution in [3.63, 3.8) is 0 Å². The molecule has 0 bridgehead atoms. The normalized spacial score (nSPS) is 12.2. The number of aromatic nitrogens is 1. The van der Waals surface area contributed by atoms with Crippen LogP contribution in [0.2, 0.25) is 0 Å². The number of thiazole rings is 1. The molecule has 1 aliphatic heterocycles. The van der Waals surface area contributed by atoms with Crippen molar-refractivity contribution in [1.82, 2.24) is 4.98 Å². The highest BCUT2D eigenvalue weighted by atomic mass is 32.1. The maximum absolute atomic E-state index is 5.43. The lowest BCUT2D eigenvalue weighted by Gasteiger charge is -2.12. The number of fused-ring (bicyclic) bond motifs is 1. The molecule has 0 amide bonds. The smallest absolute Gasteiger partial charge is 0.231 e. The van der Waals surface area contributed by atoms with Gasteiger partial charge in [0, 0.05) is 36.4 Å². The molecule has 122 valence electrons. The van der Waals surface area contributed by atoms with Gasteiger partial charge >= 0.3 is 0 Å². The summed E-state index contributed by atoms with van der Waals surface area (Å²) in [7, 11) is 4.06. The third kappa shape index (κ3) is 2.88. The summed E-state index contributed by atoms with van der Waals surface area (Å²) < 4.78 is 10.8. The van der Waals surface area contributed by atoms with Crippen LogP contribution in [0, 0.1) is 0 Å². The van der Waals surface area contributed by atoms with Crippen molar-refractivity contribution in [2.24, 2.45) is 0 Å². The zero-order chi connectivity index (χ0) is 16.5. The second-order valence-corrected chi connectivity index (χ2v) is 6.53. The van der Waals surface area contributed by atoms with Crippen LogP contribution >= 0.6 is 11.3 Å². The van der Waals surface area contributed by atoms with E-state index >= 15 is 0 Å². The number of benzene rings is 2. The molecule has 0 unspecified atom stereocenters. The summed E-state index contributed by atoms with van der Waals surface area (Å²) in [5.74, 6) is 1.56. The van der Waals surface area contributed by atoms with E-state index in [1.165, 1.54) is 5.69 Å². The van der Waals surface area contributed by atoms with Crippen molar-refractivity contribution < 1.29 is 9.47 Å². The molecule has 0 atom stereocenters. The molecule has 0 spiro atoms. The van der Waals surface area contributed by atoms with Crippen LogP contribution in [0.5, 0.6) is 11.5 Å². The third-order valence-corrected chi connectivity index (χ3v) is 4.57. The highest BCUT2D eigenvalue weighted by Crippen LogP contribution is 2.36. The Bertz CT molecular complexity index is 859. The van der Waals surface area contributed by atoms with Gasteiger partial charge in [0.25, 0.3) is 0 Å². The molecule has 0 saturated heterocycles. The molecule has 4 rings (SSSR count). The molecule has 1 N–H and O–H groups in total. The summed E-state index contributed by atoms with van der Waals surface area (Å²) in [4.78, 5) is 6.73. The van der Waals surface area contributed by atoms with E-state index in [1.54, 1.807) is 11.3 Å². The second kappa shape index (κ2) is 6.05. The van der Waals surface area contributed by atoms with Crippen molar-refractivity contribution in [1.29, 1.82) is 0 Å². The van der Waals surface area contributed by atoms with Crippen LogP contribution in [0.1, 0.15) is 0 Å². The van der Waals surface area contributed by atoms with E-state index in [-0.39, 0.29) is 6.79 Å². The number of anilines is 3. The minimum absolute atomic E-state index is 0.283. The van der Waals surface area contributed by atoms with Crippen LogP contribution in [0.25, 0.3) is 11.3 Å². The van der Waals surface area contributed by atoms with Gasteiger partial charge in [-0.05, 0) is 42.5 Å². The predicted molar refractivity (Wildman–Crippen MR) is 97.7 cm³/mol. The van der Waals surface area contributed by atoms with Crippen LogP contribution in [0.15, 0.2) is 47.8 Å². The van der Waals surface area contributed by atoms with Gasteiger partial charge in [-0.1, -0.05) is 0 Å². The third-order valence-electron chi connectivity index (χ3n) is 3.81. The molecule has 2 aromatic carbocycles. The molecule has 3 aromatic rings. The van der Waals surface area contributed by atoms with Crippen molar-refractivity contribution in [2.75, 3.05) is 31.1 Å². The Balaban J connectivity index is 1.52. The number of nitrogens with one attached hydrogen (secondary N) is 1. The van der Waals surface area contributed by atoms with Crippen molar-refractivity contribution in [3.05, 3.63) is 47.8 Å². The molecular weight excluding hydrogens is 322 g/mol. The molecule has 1 aromatic heterocycles.